The van der Waals surface area contributed by atoms with Crippen LogP contribution in [0.4, 0.5) is 0 Å². The van der Waals surface area contributed by atoms with Gasteiger partial charge in [-0.15, -0.1) is 11.3 Å². The largest absolute Gasteiger partial charge is 0.286 e. The Morgan fingerprint density at radius 3 is 2.44 bits per heavy atom. The number of hydrogen-bond acceptors (Lipinski definition) is 4. The molecule has 5 rings (SSSR count). The molecule has 0 saturated heterocycles. The Morgan fingerprint density at radius 2 is 1.78 bits per heavy atom. The minimum Gasteiger partial charge on any atom is -0.266 e. The highest BCUT2D eigenvalue weighted by Crippen LogP contribution is 2.45. The number of hydrogen-bond donors (Lipinski definition) is 0. The van der Waals surface area contributed by atoms with E-state index in [0.717, 1.165) is 41.8 Å². The number of allylic oxidation sites excluding steroid dienone is 1. The highest BCUT2D eigenvalue weighted by Gasteiger charge is 2.44. The molecule has 2 atom stereocenters. The van der Waals surface area contributed by atoms with Crippen LogP contribution < -0.4 is 0 Å². The van der Waals surface area contributed by atoms with Gasteiger partial charge in [-0.3, -0.25) is 4.79 Å². The molecule has 0 bridgehead atoms. The Kier molecular flexibility index (Phi) is 5.89. The highest BCUT2D eigenvalue weighted by molar-refractivity contribution is 7.11. The Balaban J connectivity index is 1.58. The summed E-state index contributed by atoms with van der Waals surface area (Å²) in [7, 11) is 0. The van der Waals surface area contributed by atoms with Gasteiger partial charge in [0.25, 0.3) is 5.91 Å². The molecule has 0 N–H and O–H groups in total. The molecule has 2 unspecified atom stereocenters. The third-order valence-electron chi connectivity index (χ3n) is 6.07. The summed E-state index contributed by atoms with van der Waals surface area (Å²) in [6, 6.07) is 15.4. The summed E-state index contributed by atoms with van der Waals surface area (Å²) in [4.78, 5) is 18.5. The molecule has 162 valence electrons. The number of nitrogens with zero attached hydrogens (tertiary/aromatic N) is 3. The van der Waals surface area contributed by atoms with E-state index in [1.807, 2.05) is 55.5 Å². The highest BCUT2D eigenvalue weighted by atomic mass is 35.5. The summed E-state index contributed by atoms with van der Waals surface area (Å²) in [6.45, 7) is 1.86. The predicted molar refractivity (Wildman–Crippen MR) is 131 cm³/mol. The van der Waals surface area contributed by atoms with Gasteiger partial charge in [0.15, 0.2) is 0 Å². The van der Waals surface area contributed by atoms with Gasteiger partial charge in [-0.05, 0) is 73.2 Å². The molecule has 1 aliphatic carbocycles. The topological polar surface area (TPSA) is 45.6 Å². The first-order chi connectivity index (χ1) is 15.5. The molecular formula is C25H21Cl2N3OS. The molecule has 2 aliphatic rings. The zero-order chi connectivity index (χ0) is 22.2. The van der Waals surface area contributed by atoms with Crippen molar-refractivity contribution in [3.05, 3.63) is 91.4 Å². The fourth-order valence-electron chi connectivity index (χ4n) is 4.53. The van der Waals surface area contributed by atoms with Gasteiger partial charge in [0, 0.05) is 16.0 Å². The van der Waals surface area contributed by atoms with Crippen molar-refractivity contribution in [3.8, 4) is 0 Å². The number of fused-ring (bicyclic) bond motifs is 1. The number of amides is 1. The Morgan fingerprint density at radius 1 is 1.09 bits per heavy atom. The van der Waals surface area contributed by atoms with Crippen molar-refractivity contribution in [2.75, 3.05) is 0 Å². The number of halogens is 2. The van der Waals surface area contributed by atoms with Crippen LogP contribution >= 0.6 is 34.5 Å². The molecule has 7 heteroatoms. The SMILES string of the molecule is Cc1ncsc1C(=O)N1N=C2/C(=C\c3ccc(Cl)cc3)CCCC2C1c1ccc(Cl)cc1. The lowest BCUT2D eigenvalue weighted by molar-refractivity contribution is 0.0685. The van der Waals surface area contributed by atoms with Crippen LogP contribution in [0.25, 0.3) is 6.08 Å². The van der Waals surface area contributed by atoms with Crippen molar-refractivity contribution >= 4 is 52.2 Å². The van der Waals surface area contributed by atoms with Crippen LogP contribution in [-0.4, -0.2) is 21.6 Å². The average molecular weight is 482 g/mol. The third kappa shape index (κ3) is 4.01. The molecule has 3 aromatic rings. The van der Waals surface area contributed by atoms with Crippen LogP contribution in [-0.2, 0) is 0 Å². The number of aromatic nitrogens is 1. The van der Waals surface area contributed by atoms with E-state index < -0.39 is 0 Å². The van der Waals surface area contributed by atoms with E-state index in [9.17, 15) is 4.79 Å². The first-order valence-electron chi connectivity index (χ1n) is 10.6. The van der Waals surface area contributed by atoms with Gasteiger partial charge in [-0.25, -0.2) is 9.99 Å². The van der Waals surface area contributed by atoms with Gasteiger partial charge in [-0.1, -0.05) is 47.5 Å². The minimum absolute atomic E-state index is 0.0994. The fraction of sp³-hybridized carbons (Fsp3) is 0.240. The second-order valence-corrected chi connectivity index (χ2v) is 9.85. The van der Waals surface area contributed by atoms with E-state index in [0.29, 0.717) is 14.9 Å². The van der Waals surface area contributed by atoms with Crippen molar-refractivity contribution in [2.45, 2.75) is 32.2 Å². The lowest BCUT2D eigenvalue weighted by Crippen LogP contribution is -2.31. The summed E-state index contributed by atoms with van der Waals surface area (Å²) in [5.74, 6) is 0.0401. The Bertz CT molecular complexity index is 1210. The summed E-state index contributed by atoms with van der Waals surface area (Å²) in [5, 5.41) is 8.00. The van der Waals surface area contributed by atoms with Crippen LogP contribution in [0.5, 0.6) is 0 Å². The van der Waals surface area contributed by atoms with Crippen molar-refractivity contribution in [1.82, 2.24) is 9.99 Å². The van der Waals surface area contributed by atoms with Gasteiger partial charge < -0.3 is 0 Å². The third-order valence-corrected chi connectivity index (χ3v) is 7.49. The molecule has 1 aromatic heterocycles. The molecule has 2 aromatic carbocycles. The van der Waals surface area contributed by atoms with E-state index >= 15 is 0 Å². The van der Waals surface area contributed by atoms with Crippen LogP contribution in [0.2, 0.25) is 10.0 Å². The molecular weight excluding hydrogens is 461 g/mol. The van der Waals surface area contributed by atoms with Crippen LogP contribution in [0, 0.1) is 12.8 Å². The van der Waals surface area contributed by atoms with Crippen molar-refractivity contribution in [3.63, 3.8) is 0 Å². The fourth-order valence-corrected chi connectivity index (χ4v) is 5.52. The number of aryl methyl sites for hydroxylation is 1. The van der Waals surface area contributed by atoms with Crippen molar-refractivity contribution in [2.24, 2.45) is 11.0 Å². The molecule has 1 aliphatic heterocycles. The maximum atomic E-state index is 13.6. The molecule has 2 heterocycles. The zero-order valence-corrected chi connectivity index (χ0v) is 19.8. The van der Waals surface area contributed by atoms with E-state index in [-0.39, 0.29) is 17.9 Å². The van der Waals surface area contributed by atoms with Gasteiger partial charge in [0.05, 0.1) is 23.0 Å². The average Bonchev–Trinajstić information content (AvgIpc) is 3.40. The molecule has 0 radical (unpaired) electrons. The summed E-state index contributed by atoms with van der Waals surface area (Å²) < 4.78 is 0. The predicted octanol–water partition coefficient (Wildman–Crippen LogP) is 7.20. The van der Waals surface area contributed by atoms with Gasteiger partial charge in [0.2, 0.25) is 0 Å². The summed E-state index contributed by atoms with van der Waals surface area (Å²) >= 11 is 13.6. The van der Waals surface area contributed by atoms with Gasteiger partial charge in [-0.2, -0.15) is 5.10 Å². The van der Waals surface area contributed by atoms with Crippen molar-refractivity contribution in [1.29, 1.82) is 0 Å². The quantitative estimate of drug-likeness (QED) is 0.397. The molecule has 32 heavy (non-hydrogen) atoms. The van der Waals surface area contributed by atoms with Crippen LogP contribution in [0.3, 0.4) is 0 Å². The zero-order valence-electron chi connectivity index (χ0n) is 17.5. The van der Waals surface area contributed by atoms with Gasteiger partial charge in [0.1, 0.15) is 4.88 Å². The Hall–Kier alpha value is -2.47. The monoisotopic (exact) mass is 481 g/mol. The van der Waals surface area contributed by atoms with E-state index in [1.165, 1.54) is 16.9 Å². The first-order valence-corrected chi connectivity index (χ1v) is 12.2. The van der Waals surface area contributed by atoms with Crippen LogP contribution in [0.15, 0.2) is 64.7 Å². The molecule has 0 spiro atoms. The molecule has 1 saturated carbocycles. The standard InChI is InChI=1S/C25H21Cl2N3OS/c1-15-24(32-14-28-15)25(31)30-23(17-7-11-20(27)12-8-17)21-4-2-3-18(22(21)29-30)13-16-5-9-19(26)10-6-16/h5-14,21,23H,2-4H2,1H3/b18-13-. The van der Waals surface area contributed by atoms with E-state index in [4.69, 9.17) is 28.3 Å². The normalized spacial score (nSPS) is 21.5. The van der Waals surface area contributed by atoms with Crippen LogP contribution in [0.1, 0.15) is 51.8 Å². The maximum Gasteiger partial charge on any atom is 0.286 e. The molecule has 1 fully saturated rings. The molecule has 4 nitrogen and oxygen atoms in total. The van der Waals surface area contributed by atoms with Crippen molar-refractivity contribution < 1.29 is 4.79 Å². The lowest BCUT2D eigenvalue weighted by Gasteiger charge is -2.29. The number of carbonyl (C=O) groups is 1. The Labute approximate surface area is 201 Å². The summed E-state index contributed by atoms with van der Waals surface area (Å²) in [6.07, 6.45) is 5.14. The number of carbonyl (C=O) groups excluding carboxylic acids is 1. The number of hydrazone groups is 1. The number of benzene rings is 2. The lowest BCUT2D eigenvalue weighted by atomic mass is 9.77. The second-order valence-electron chi connectivity index (χ2n) is 8.12. The smallest absolute Gasteiger partial charge is 0.266 e. The van der Waals surface area contributed by atoms with Gasteiger partial charge >= 0.3 is 0 Å². The number of thiazole rings is 1. The van der Waals surface area contributed by atoms with E-state index in [2.05, 4.69) is 11.1 Å². The van der Waals surface area contributed by atoms with E-state index in [1.54, 1.807) is 10.5 Å². The maximum absolute atomic E-state index is 13.6. The number of rotatable bonds is 3. The summed E-state index contributed by atoms with van der Waals surface area (Å²) in [5.41, 5.74) is 6.75. The first kappa shape index (κ1) is 21.4. The second kappa shape index (κ2) is 8.81. The minimum atomic E-state index is -0.162. The molecule has 1 amide bonds.